The summed E-state index contributed by atoms with van der Waals surface area (Å²) >= 11 is 6.21. The fourth-order valence-electron chi connectivity index (χ4n) is 2.86. The fourth-order valence-corrected chi connectivity index (χ4v) is 3.08. The molecule has 6 nitrogen and oxygen atoms in total. The van der Waals surface area contributed by atoms with Crippen molar-refractivity contribution in [3.05, 3.63) is 53.2 Å². The second-order valence-electron chi connectivity index (χ2n) is 5.94. The summed E-state index contributed by atoms with van der Waals surface area (Å²) in [6.07, 6.45) is 1.62. The quantitative estimate of drug-likeness (QED) is 0.367. The highest BCUT2D eigenvalue weighted by Crippen LogP contribution is 2.39. The third-order valence-electron chi connectivity index (χ3n) is 4.03. The Morgan fingerprint density at radius 3 is 2.21 bits per heavy atom. The van der Waals surface area contributed by atoms with Crippen LogP contribution in [-0.4, -0.2) is 30.8 Å². The van der Waals surface area contributed by atoms with Crippen LogP contribution in [0.1, 0.15) is 31.1 Å². The number of halogens is 1. The van der Waals surface area contributed by atoms with Gasteiger partial charge in [0.05, 0.1) is 30.4 Å². The molecule has 0 aliphatic carbocycles. The molecule has 0 fully saturated rings. The van der Waals surface area contributed by atoms with Crippen molar-refractivity contribution in [3.63, 3.8) is 0 Å². The zero-order valence-electron chi connectivity index (χ0n) is 16.5. The zero-order chi connectivity index (χ0) is 20.8. The van der Waals surface area contributed by atoms with Crippen LogP contribution >= 0.6 is 11.6 Å². The highest BCUT2D eigenvalue weighted by molar-refractivity contribution is 6.35. The van der Waals surface area contributed by atoms with Crippen molar-refractivity contribution in [2.75, 3.05) is 19.8 Å². The summed E-state index contributed by atoms with van der Waals surface area (Å²) in [6, 6.07) is 10.1. The van der Waals surface area contributed by atoms with Crippen LogP contribution in [0.4, 0.5) is 0 Å². The van der Waals surface area contributed by atoms with Gasteiger partial charge < -0.3 is 18.9 Å². The molecule has 0 spiro atoms. The van der Waals surface area contributed by atoms with Crippen molar-refractivity contribution >= 4 is 28.5 Å². The van der Waals surface area contributed by atoms with Gasteiger partial charge in [-0.2, -0.15) is 0 Å². The number of aromatic nitrogens is 1. The van der Waals surface area contributed by atoms with Gasteiger partial charge in [-0.1, -0.05) is 11.6 Å². The van der Waals surface area contributed by atoms with Crippen molar-refractivity contribution in [1.82, 2.24) is 4.98 Å². The van der Waals surface area contributed by atoms with Crippen LogP contribution in [0.25, 0.3) is 10.9 Å². The Balaban J connectivity index is 2.00. The second kappa shape index (κ2) is 9.47. The van der Waals surface area contributed by atoms with Crippen LogP contribution in [0.3, 0.4) is 0 Å². The van der Waals surface area contributed by atoms with E-state index in [1.807, 2.05) is 26.8 Å². The number of pyridine rings is 1. The van der Waals surface area contributed by atoms with Gasteiger partial charge >= 0.3 is 5.97 Å². The Morgan fingerprint density at radius 2 is 1.59 bits per heavy atom. The number of esters is 1. The largest absolute Gasteiger partial charge is 0.490 e. The Hall–Kier alpha value is -2.99. The number of ether oxygens (including phenoxy) is 4. The maximum Gasteiger partial charge on any atom is 0.343 e. The van der Waals surface area contributed by atoms with E-state index in [9.17, 15) is 4.79 Å². The monoisotopic (exact) mass is 415 g/mol. The lowest BCUT2D eigenvalue weighted by atomic mass is 10.1. The molecule has 2 aromatic carbocycles. The minimum Gasteiger partial charge on any atom is -0.490 e. The molecule has 0 saturated heterocycles. The van der Waals surface area contributed by atoms with Gasteiger partial charge in [0, 0.05) is 11.6 Å². The van der Waals surface area contributed by atoms with Crippen molar-refractivity contribution in [1.29, 1.82) is 0 Å². The average molecular weight is 416 g/mol. The molecule has 7 heteroatoms. The summed E-state index contributed by atoms with van der Waals surface area (Å²) < 4.78 is 22.6. The van der Waals surface area contributed by atoms with Crippen molar-refractivity contribution in [2.45, 2.75) is 20.8 Å². The van der Waals surface area contributed by atoms with E-state index in [2.05, 4.69) is 4.98 Å². The highest BCUT2D eigenvalue weighted by Gasteiger charge is 2.20. The van der Waals surface area contributed by atoms with Crippen LogP contribution in [0, 0.1) is 0 Å². The number of hydrogen-bond acceptors (Lipinski definition) is 6. The van der Waals surface area contributed by atoms with Gasteiger partial charge in [0.15, 0.2) is 17.2 Å². The lowest BCUT2D eigenvalue weighted by Crippen LogP contribution is -2.11. The average Bonchev–Trinajstić information content (AvgIpc) is 2.72. The molecule has 0 bridgehead atoms. The molecule has 3 rings (SSSR count). The smallest absolute Gasteiger partial charge is 0.343 e. The summed E-state index contributed by atoms with van der Waals surface area (Å²) in [5.41, 5.74) is 0.786. The van der Waals surface area contributed by atoms with Crippen LogP contribution in [0.15, 0.2) is 42.6 Å². The predicted molar refractivity (Wildman–Crippen MR) is 112 cm³/mol. The summed E-state index contributed by atoms with van der Waals surface area (Å²) in [4.78, 5) is 17.2. The van der Waals surface area contributed by atoms with Gasteiger partial charge in [0.1, 0.15) is 5.52 Å². The van der Waals surface area contributed by atoms with Crippen molar-refractivity contribution in [2.24, 2.45) is 0 Å². The molecule has 0 aliphatic heterocycles. The minimum absolute atomic E-state index is 0.277. The predicted octanol–water partition coefficient (Wildman–Crippen LogP) is 5.30. The minimum atomic E-state index is -0.566. The fraction of sp³-hybridized carbons (Fsp3) is 0.273. The maximum atomic E-state index is 12.9. The molecule has 3 aromatic rings. The van der Waals surface area contributed by atoms with Crippen LogP contribution in [-0.2, 0) is 0 Å². The molecule has 1 aromatic heterocycles. The third kappa shape index (κ3) is 4.54. The van der Waals surface area contributed by atoms with Gasteiger partial charge in [-0.15, -0.1) is 0 Å². The summed E-state index contributed by atoms with van der Waals surface area (Å²) in [7, 11) is 0. The number of benzene rings is 2. The van der Waals surface area contributed by atoms with Crippen molar-refractivity contribution < 1.29 is 23.7 Å². The van der Waals surface area contributed by atoms with Gasteiger partial charge in [-0.25, -0.2) is 4.79 Å². The first-order valence-corrected chi connectivity index (χ1v) is 9.78. The Morgan fingerprint density at radius 1 is 0.931 bits per heavy atom. The SMILES string of the molecule is CCOc1cc(C(=O)Oc2ccc(Cl)c3cccnc23)cc(OCC)c1OCC. The summed E-state index contributed by atoms with van der Waals surface area (Å²) in [6.45, 7) is 6.84. The molecule has 0 amide bonds. The van der Waals surface area contributed by atoms with E-state index < -0.39 is 5.97 Å². The molecule has 0 aliphatic rings. The second-order valence-corrected chi connectivity index (χ2v) is 6.34. The van der Waals surface area contributed by atoms with Gasteiger partial charge in [0.2, 0.25) is 5.75 Å². The first-order chi connectivity index (χ1) is 14.1. The van der Waals surface area contributed by atoms with Crippen molar-refractivity contribution in [3.8, 4) is 23.0 Å². The lowest BCUT2D eigenvalue weighted by Gasteiger charge is -2.17. The molecule has 1 heterocycles. The molecule has 152 valence electrons. The van der Waals surface area contributed by atoms with E-state index in [0.29, 0.717) is 58.7 Å². The van der Waals surface area contributed by atoms with E-state index in [1.54, 1.807) is 36.5 Å². The molecular weight excluding hydrogens is 394 g/mol. The Labute approximate surface area is 174 Å². The molecular formula is C22H22ClNO5. The number of nitrogens with zero attached hydrogens (tertiary/aromatic N) is 1. The Bertz CT molecular complexity index is 994. The number of rotatable bonds is 8. The van der Waals surface area contributed by atoms with E-state index in [0.717, 1.165) is 0 Å². The maximum absolute atomic E-state index is 12.9. The number of carbonyl (C=O) groups is 1. The molecule has 0 atom stereocenters. The molecule has 29 heavy (non-hydrogen) atoms. The number of hydrogen-bond donors (Lipinski definition) is 0. The summed E-state index contributed by atoms with van der Waals surface area (Å²) in [5, 5.41) is 1.24. The summed E-state index contributed by atoms with van der Waals surface area (Å²) in [5.74, 6) is 1.06. The molecule has 0 N–H and O–H groups in total. The first kappa shape index (κ1) is 20.7. The Kier molecular flexibility index (Phi) is 6.77. The van der Waals surface area contributed by atoms with E-state index in [1.165, 1.54) is 0 Å². The highest BCUT2D eigenvalue weighted by atomic mass is 35.5. The standard InChI is InChI=1S/C22H22ClNO5/c1-4-26-18-12-14(13-19(27-5-2)21(18)28-6-3)22(25)29-17-10-9-16(23)15-8-7-11-24-20(15)17/h7-13H,4-6H2,1-3H3. The third-order valence-corrected chi connectivity index (χ3v) is 4.36. The van der Waals surface area contributed by atoms with Gasteiger partial charge in [-0.05, 0) is 57.2 Å². The van der Waals surface area contributed by atoms with Crippen LogP contribution in [0.2, 0.25) is 5.02 Å². The van der Waals surface area contributed by atoms with Crippen LogP contribution < -0.4 is 18.9 Å². The van der Waals surface area contributed by atoms with E-state index in [-0.39, 0.29) is 5.56 Å². The van der Waals surface area contributed by atoms with Crippen LogP contribution in [0.5, 0.6) is 23.0 Å². The lowest BCUT2D eigenvalue weighted by molar-refractivity contribution is 0.0735. The number of fused-ring (bicyclic) bond motifs is 1. The van der Waals surface area contributed by atoms with Gasteiger partial charge in [0.25, 0.3) is 0 Å². The zero-order valence-corrected chi connectivity index (χ0v) is 17.3. The van der Waals surface area contributed by atoms with E-state index >= 15 is 0 Å². The molecule has 0 radical (unpaired) electrons. The first-order valence-electron chi connectivity index (χ1n) is 9.40. The van der Waals surface area contributed by atoms with Gasteiger partial charge in [-0.3, -0.25) is 4.98 Å². The normalized spacial score (nSPS) is 10.6. The molecule has 0 unspecified atom stereocenters. The molecule has 0 saturated carbocycles. The topological polar surface area (TPSA) is 66.9 Å². The number of carbonyl (C=O) groups excluding carboxylic acids is 1. The van der Waals surface area contributed by atoms with E-state index in [4.69, 9.17) is 30.5 Å².